The van der Waals surface area contributed by atoms with Crippen molar-refractivity contribution in [2.75, 3.05) is 6.54 Å². The second-order valence-electron chi connectivity index (χ2n) is 9.77. The number of benzene rings is 2. The third-order valence-corrected chi connectivity index (χ3v) is 8.05. The molecule has 4 atom stereocenters. The molecule has 1 aliphatic rings. The lowest BCUT2D eigenvalue weighted by Crippen LogP contribution is -2.53. The van der Waals surface area contributed by atoms with Crippen LogP contribution in [0, 0.1) is 5.92 Å². The van der Waals surface area contributed by atoms with Crippen LogP contribution in [-0.2, 0) is 20.6 Å². The van der Waals surface area contributed by atoms with Crippen LogP contribution in [0.25, 0.3) is 0 Å². The molecule has 0 bridgehead atoms. The predicted octanol–water partition coefficient (Wildman–Crippen LogP) is 6.26. The van der Waals surface area contributed by atoms with Crippen molar-refractivity contribution >= 4 is 46.1 Å². The van der Waals surface area contributed by atoms with E-state index in [1.54, 1.807) is 12.1 Å². The summed E-state index contributed by atoms with van der Waals surface area (Å²) in [6, 6.07) is 16.5. The molecule has 1 fully saturated rings. The van der Waals surface area contributed by atoms with E-state index in [-0.39, 0.29) is 24.4 Å². The van der Waals surface area contributed by atoms with E-state index >= 15 is 0 Å². The number of nitrogens with zero attached hydrogens (tertiary/aromatic N) is 1. The molecule has 2 aromatic carbocycles. The Morgan fingerprint density at radius 2 is 1.67 bits per heavy atom. The van der Waals surface area contributed by atoms with Gasteiger partial charge >= 0.3 is 5.97 Å². The molecule has 9 heteroatoms. The fraction of sp³-hybridized carbons (Fsp3) is 0.481. The fourth-order valence-electron chi connectivity index (χ4n) is 4.08. The summed E-state index contributed by atoms with van der Waals surface area (Å²) in [7, 11) is -1.25. The van der Waals surface area contributed by atoms with Gasteiger partial charge in [-0.05, 0) is 69.9 Å². The van der Waals surface area contributed by atoms with E-state index in [1.165, 1.54) is 0 Å². The maximum atomic E-state index is 13.3. The number of piperidine rings is 1. The maximum Gasteiger partial charge on any atom is 0.304 e. The average Bonchev–Trinajstić information content (AvgIpc) is 2.82. The Hall–Kier alpha value is -1.93. The highest BCUT2D eigenvalue weighted by molar-refractivity contribution is 7.84. The Morgan fingerprint density at radius 1 is 1.08 bits per heavy atom. The number of carboxylic acid groups (broad SMARTS) is 1. The minimum absolute atomic E-state index is 0.145. The number of amides is 1. The molecule has 3 rings (SSSR count). The summed E-state index contributed by atoms with van der Waals surface area (Å²) in [5.41, 5.74) is 0.979. The quantitative estimate of drug-likeness (QED) is 0.402. The zero-order chi connectivity index (χ0) is 26.9. The van der Waals surface area contributed by atoms with Crippen LogP contribution in [0.15, 0.2) is 54.6 Å². The minimum Gasteiger partial charge on any atom is -0.481 e. The topological polar surface area (TPSA) is 86.7 Å². The lowest BCUT2D eigenvalue weighted by Gasteiger charge is -2.44. The smallest absolute Gasteiger partial charge is 0.304 e. The molecule has 0 radical (unpaired) electrons. The number of carbonyl (C=O) groups excluding carboxylic acids is 1. The van der Waals surface area contributed by atoms with Gasteiger partial charge in [-0.25, -0.2) is 8.93 Å². The van der Waals surface area contributed by atoms with Crippen LogP contribution in [0.3, 0.4) is 0 Å². The number of carbonyl (C=O) groups is 2. The van der Waals surface area contributed by atoms with Crippen molar-refractivity contribution < 1.29 is 18.9 Å². The second kappa shape index (κ2) is 14.1. The molecule has 0 aromatic heterocycles. The van der Waals surface area contributed by atoms with Crippen LogP contribution in [0.1, 0.15) is 65.0 Å². The third-order valence-electron chi connectivity index (χ3n) is 6.01. The van der Waals surface area contributed by atoms with Crippen LogP contribution < -0.4 is 4.72 Å². The third kappa shape index (κ3) is 9.18. The number of rotatable bonds is 8. The van der Waals surface area contributed by atoms with Gasteiger partial charge < -0.3 is 10.0 Å². The van der Waals surface area contributed by atoms with Gasteiger partial charge in [-0.2, -0.15) is 0 Å². The van der Waals surface area contributed by atoms with Crippen LogP contribution in [0.2, 0.25) is 10.0 Å². The molecule has 2 N–H and O–H groups in total. The van der Waals surface area contributed by atoms with Gasteiger partial charge in [0.25, 0.3) is 0 Å². The number of nitrogens with one attached hydrogen (secondary N) is 1. The monoisotopic (exact) mass is 554 g/mol. The van der Waals surface area contributed by atoms with Crippen molar-refractivity contribution in [1.29, 1.82) is 0 Å². The molecule has 1 amide bonds. The SMILES string of the molecule is CCC(CNS(=O)C(C)(C)C)N1C(=O)C(CC(=O)O)CCC1c1ccc(Cl)cc1.Clc1ccccc1. The van der Waals surface area contributed by atoms with Crippen molar-refractivity contribution in [3.05, 3.63) is 70.2 Å². The average molecular weight is 556 g/mol. The molecule has 4 unspecified atom stereocenters. The zero-order valence-corrected chi connectivity index (χ0v) is 23.6. The minimum atomic E-state index is -1.25. The van der Waals surface area contributed by atoms with E-state index < -0.39 is 27.6 Å². The Bertz CT molecular complexity index is 1010. The van der Waals surface area contributed by atoms with Crippen molar-refractivity contribution in [3.63, 3.8) is 0 Å². The van der Waals surface area contributed by atoms with Gasteiger partial charge in [0.05, 0.1) is 28.2 Å². The normalized spacial score (nSPS) is 19.7. The Labute approximate surface area is 227 Å². The number of halogens is 2. The number of carboxylic acids is 1. The van der Waals surface area contributed by atoms with Crippen LogP contribution >= 0.6 is 23.2 Å². The summed E-state index contributed by atoms with van der Waals surface area (Å²) in [4.78, 5) is 26.3. The lowest BCUT2D eigenvalue weighted by molar-refractivity contribution is -0.151. The summed E-state index contributed by atoms with van der Waals surface area (Å²) < 4.78 is 15.1. The summed E-state index contributed by atoms with van der Waals surface area (Å²) in [6.07, 6.45) is 1.72. The van der Waals surface area contributed by atoms with Crippen molar-refractivity contribution in [3.8, 4) is 0 Å². The highest BCUT2D eigenvalue weighted by atomic mass is 35.5. The van der Waals surface area contributed by atoms with Crippen molar-refractivity contribution in [2.45, 2.75) is 70.2 Å². The molecule has 0 saturated carbocycles. The molecular formula is C27H36Cl2N2O4S. The first-order valence-corrected chi connectivity index (χ1v) is 14.0. The van der Waals surface area contributed by atoms with Gasteiger partial charge in [0.1, 0.15) is 0 Å². The van der Waals surface area contributed by atoms with Gasteiger partial charge in [0, 0.05) is 28.5 Å². The van der Waals surface area contributed by atoms with Gasteiger partial charge in [-0.3, -0.25) is 9.59 Å². The number of aliphatic carboxylic acids is 1. The molecule has 1 saturated heterocycles. The highest BCUT2D eigenvalue weighted by Gasteiger charge is 2.40. The number of hydrogen-bond acceptors (Lipinski definition) is 3. The molecule has 36 heavy (non-hydrogen) atoms. The van der Waals surface area contributed by atoms with Crippen LogP contribution in [0.5, 0.6) is 0 Å². The van der Waals surface area contributed by atoms with E-state index in [9.17, 15) is 18.9 Å². The Morgan fingerprint density at radius 3 is 2.14 bits per heavy atom. The molecule has 6 nitrogen and oxygen atoms in total. The van der Waals surface area contributed by atoms with Crippen molar-refractivity contribution in [2.24, 2.45) is 5.92 Å². The van der Waals surface area contributed by atoms with E-state index in [0.717, 1.165) is 10.6 Å². The predicted molar refractivity (Wildman–Crippen MR) is 147 cm³/mol. The Balaban J connectivity index is 0.000000558. The summed E-state index contributed by atoms with van der Waals surface area (Å²) in [5, 5.41) is 10.6. The molecule has 1 aliphatic heterocycles. The van der Waals surface area contributed by atoms with E-state index in [2.05, 4.69) is 4.72 Å². The van der Waals surface area contributed by atoms with E-state index in [0.29, 0.717) is 30.8 Å². The maximum absolute atomic E-state index is 13.3. The van der Waals surface area contributed by atoms with E-state index in [4.69, 9.17) is 23.2 Å². The molecule has 1 heterocycles. The first-order chi connectivity index (χ1) is 16.9. The largest absolute Gasteiger partial charge is 0.481 e. The molecular weight excluding hydrogens is 519 g/mol. The molecule has 2 aromatic rings. The number of hydrogen-bond donors (Lipinski definition) is 2. The summed E-state index contributed by atoms with van der Waals surface area (Å²) in [5.74, 6) is -1.64. The van der Waals surface area contributed by atoms with Crippen LogP contribution in [-0.4, -0.2) is 43.4 Å². The van der Waals surface area contributed by atoms with Crippen LogP contribution in [0.4, 0.5) is 0 Å². The fourth-order valence-corrected chi connectivity index (χ4v) is 5.12. The van der Waals surface area contributed by atoms with Gasteiger partial charge in [-0.1, -0.05) is 60.5 Å². The first kappa shape index (κ1) is 30.3. The summed E-state index contributed by atoms with van der Waals surface area (Å²) >= 11 is 11.6. The van der Waals surface area contributed by atoms with Gasteiger partial charge in [0.15, 0.2) is 0 Å². The Kier molecular flexibility index (Phi) is 11.9. The summed E-state index contributed by atoms with van der Waals surface area (Å²) in [6.45, 7) is 8.04. The van der Waals surface area contributed by atoms with Gasteiger partial charge in [-0.15, -0.1) is 0 Å². The standard InChI is InChI=1S/C21H31ClN2O4S.C6H5Cl/c1-5-17(13-23-29(28)21(2,3)4)24-18(14-6-9-16(22)10-7-14)11-8-15(20(24)27)12-19(25)26;7-6-4-2-1-3-5-6/h6-7,9-10,15,17-18,23H,5,8,11-13H2,1-4H3,(H,25,26);1-5H. The lowest BCUT2D eigenvalue weighted by atomic mass is 9.85. The first-order valence-electron chi connectivity index (χ1n) is 12.1. The van der Waals surface area contributed by atoms with Gasteiger partial charge in [0.2, 0.25) is 5.91 Å². The highest BCUT2D eigenvalue weighted by Crippen LogP contribution is 2.38. The molecule has 0 spiro atoms. The second-order valence-corrected chi connectivity index (χ2v) is 12.7. The number of likely N-dealkylation sites (tertiary alicyclic amines) is 1. The van der Waals surface area contributed by atoms with E-state index in [1.807, 2.05) is 75.1 Å². The zero-order valence-electron chi connectivity index (χ0n) is 21.2. The molecule has 198 valence electrons. The molecule has 0 aliphatic carbocycles. The van der Waals surface area contributed by atoms with Crippen molar-refractivity contribution in [1.82, 2.24) is 9.62 Å².